The molecule has 0 atom stereocenters. The molecule has 0 saturated heterocycles. The number of rotatable bonds is 3. The highest BCUT2D eigenvalue weighted by molar-refractivity contribution is 6.32. The summed E-state index contributed by atoms with van der Waals surface area (Å²) in [6.45, 7) is 0.640. The Bertz CT molecular complexity index is 459. The molecule has 0 aliphatic rings. The molecule has 5 heteroatoms. The van der Waals surface area contributed by atoms with Gasteiger partial charge in [0.05, 0.1) is 13.7 Å². The molecule has 0 spiro atoms. The lowest BCUT2D eigenvalue weighted by molar-refractivity contribution is 0.414. The van der Waals surface area contributed by atoms with E-state index < -0.39 is 0 Å². The van der Waals surface area contributed by atoms with Crippen LogP contribution in [0.25, 0.3) is 0 Å². The molecule has 0 saturated carbocycles. The van der Waals surface area contributed by atoms with E-state index in [0.717, 1.165) is 11.3 Å². The van der Waals surface area contributed by atoms with Gasteiger partial charge in [0.15, 0.2) is 5.82 Å². The van der Waals surface area contributed by atoms with Gasteiger partial charge in [-0.3, -0.25) is 4.68 Å². The number of anilines is 1. The molecule has 2 N–H and O–H groups in total. The maximum atomic E-state index is 5.81. The maximum absolute atomic E-state index is 5.81. The summed E-state index contributed by atoms with van der Waals surface area (Å²) in [5, 5.41) is 4.56. The van der Waals surface area contributed by atoms with Gasteiger partial charge in [-0.1, -0.05) is 23.7 Å². The summed E-state index contributed by atoms with van der Waals surface area (Å²) in [4.78, 5) is 0. The summed E-state index contributed by atoms with van der Waals surface area (Å²) in [6.07, 6.45) is 1.71. The number of aromatic nitrogens is 2. The van der Waals surface area contributed by atoms with Crippen LogP contribution in [-0.4, -0.2) is 16.9 Å². The Morgan fingerprint density at radius 2 is 2.06 bits per heavy atom. The van der Waals surface area contributed by atoms with E-state index in [4.69, 9.17) is 22.1 Å². The molecule has 0 radical (unpaired) electrons. The lowest BCUT2D eigenvalue weighted by atomic mass is 10.2. The quantitative estimate of drug-likeness (QED) is 0.890. The first kappa shape index (κ1) is 10.8. The second-order valence-electron chi connectivity index (χ2n) is 3.41. The molecule has 0 bridgehead atoms. The van der Waals surface area contributed by atoms with Crippen LogP contribution in [0.4, 0.5) is 5.82 Å². The Hall–Kier alpha value is -1.68. The zero-order chi connectivity index (χ0) is 11.5. The lowest BCUT2D eigenvalue weighted by Gasteiger charge is -2.03. The van der Waals surface area contributed by atoms with E-state index in [1.165, 1.54) is 0 Å². The summed E-state index contributed by atoms with van der Waals surface area (Å²) in [5.41, 5.74) is 6.67. The highest BCUT2D eigenvalue weighted by atomic mass is 35.5. The van der Waals surface area contributed by atoms with Crippen LogP contribution in [-0.2, 0) is 6.54 Å². The predicted molar refractivity (Wildman–Crippen MR) is 63.7 cm³/mol. The molecule has 2 rings (SSSR count). The van der Waals surface area contributed by atoms with Crippen LogP contribution in [0.2, 0.25) is 5.02 Å². The van der Waals surface area contributed by atoms with Gasteiger partial charge in [0.25, 0.3) is 0 Å². The molecule has 0 aliphatic heterocycles. The van der Waals surface area contributed by atoms with E-state index in [9.17, 15) is 0 Å². The Morgan fingerprint density at radius 1 is 1.38 bits per heavy atom. The molecule has 1 aromatic carbocycles. The van der Waals surface area contributed by atoms with Crippen LogP contribution in [0.3, 0.4) is 0 Å². The molecule has 0 aliphatic carbocycles. The van der Waals surface area contributed by atoms with Gasteiger partial charge < -0.3 is 10.5 Å². The first-order valence-electron chi connectivity index (χ1n) is 4.80. The number of ether oxygens (including phenoxy) is 1. The second-order valence-corrected chi connectivity index (χ2v) is 3.82. The molecule has 16 heavy (non-hydrogen) atoms. The molecule has 4 nitrogen and oxygen atoms in total. The molecule has 0 unspecified atom stereocenters. The fraction of sp³-hybridized carbons (Fsp3) is 0.182. The van der Waals surface area contributed by atoms with Crippen LogP contribution < -0.4 is 10.5 Å². The molecule has 1 heterocycles. The fourth-order valence-electron chi connectivity index (χ4n) is 1.41. The lowest BCUT2D eigenvalue weighted by Crippen LogP contribution is -2.00. The Kier molecular flexibility index (Phi) is 3.01. The van der Waals surface area contributed by atoms with Gasteiger partial charge >= 0.3 is 0 Å². The van der Waals surface area contributed by atoms with Crippen molar-refractivity contribution in [1.29, 1.82) is 0 Å². The second kappa shape index (κ2) is 4.45. The maximum Gasteiger partial charge on any atom is 0.164 e. The molecule has 1 aromatic heterocycles. The Morgan fingerprint density at radius 3 is 2.56 bits per heavy atom. The number of nitrogen functional groups attached to an aromatic ring is 1. The highest BCUT2D eigenvalue weighted by Crippen LogP contribution is 2.17. The van der Waals surface area contributed by atoms with Gasteiger partial charge in [-0.15, -0.1) is 0 Å². The van der Waals surface area contributed by atoms with Gasteiger partial charge in [-0.25, -0.2) is 0 Å². The molecule has 0 amide bonds. The first-order valence-corrected chi connectivity index (χ1v) is 5.18. The van der Waals surface area contributed by atoms with Crippen LogP contribution in [0, 0.1) is 0 Å². The predicted octanol–water partition coefficient (Wildman–Crippen LogP) is 2.18. The third-order valence-electron chi connectivity index (χ3n) is 2.25. The van der Waals surface area contributed by atoms with Crippen molar-refractivity contribution in [2.24, 2.45) is 0 Å². The summed E-state index contributed by atoms with van der Waals surface area (Å²) >= 11 is 5.81. The minimum atomic E-state index is 0.357. The van der Waals surface area contributed by atoms with E-state index in [0.29, 0.717) is 17.4 Å². The van der Waals surface area contributed by atoms with Crippen LogP contribution in [0.15, 0.2) is 30.5 Å². The normalized spacial score (nSPS) is 10.4. The van der Waals surface area contributed by atoms with E-state index in [2.05, 4.69) is 5.10 Å². The average Bonchev–Trinajstić information content (AvgIpc) is 2.59. The largest absolute Gasteiger partial charge is 0.497 e. The number of hydrogen-bond acceptors (Lipinski definition) is 3. The zero-order valence-corrected chi connectivity index (χ0v) is 9.61. The SMILES string of the molecule is COc1ccc(Cn2cc(Cl)c(N)n2)cc1. The van der Waals surface area contributed by atoms with E-state index in [-0.39, 0.29) is 0 Å². The highest BCUT2D eigenvalue weighted by Gasteiger charge is 2.03. The van der Waals surface area contributed by atoms with E-state index >= 15 is 0 Å². The van der Waals surface area contributed by atoms with Crippen LogP contribution >= 0.6 is 11.6 Å². The van der Waals surface area contributed by atoms with Crippen LogP contribution in [0.5, 0.6) is 5.75 Å². The zero-order valence-electron chi connectivity index (χ0n) is 8.85. The van der Waals surface area contributed by atoms with Crippen molar-refractivity contribution in [2.45, 2.75) is 6.54 Å². The number of hydrogen-bond donors (Lipinski definition) is 1. The Balaban J connectivity index is 2.14. The van der Waals surface area contributed by atoms with Gasteiger partial charge in [0.2, 0.25) is 0 Å². The first-order chi connectivity index (χ1) is 7.69. The number of halogens is 1. The van der Waals surface area contributed by atoms with Crippen molar-refractivity contribution in [3.05, 3.63) is 41.0 Å². The molecule has 84 valence electrons. The van der Waals surface area contributed by atoms with Gasteiger partial charge in [-0.2, -0.15) is 5.10 Å². The van der Waals surface area contributed by atoms with Crippen molar-refractivity contribution in [3.8, 4) is 5.75 Å². The minimum Gasteiger partial charge on any atom is -0.497 e. The van der Waals surface area contributed by atoms with Crippen molar-refractivity contribution < 1.29 is 4.74 Å². The number of nitrogens with zero attached hydrogens (tertiary/aromatic N) is 2. The topological polar surface area (TPSA) is 53.1 Å². The van der Waals surface area contributed by atoms with Crippen molar-refractivity contribution in [2.75, 3.05) is 12.8 Å². The molecular formula is C11H12ClN3O. The summed E-state index contributed by atoms with van der Waals surface area (Å²) in [5.74, 6) is 1.19. The fourth-order valence-corrected chi connectivity index (χ4v) is 1.56. The monoisotopic (exact) mass is 237 g/mol. The van der Waals surface area contributed by atoms with Crippen LogP contribution in [0.1, 0.15) is 5.56 Å². The van der Waals surface area contributed by atoms with Gasteiger partial charge in [-0.05, 0) is 17.7 Å². The van der Waals surface area contributed by atoms with Gasteiger partial charge in [0.1, 0.15) is 10.8 Å². The van der Waals surface area contributed by atoms with Crippen molar-refractivity contribution >= 4 is 17.4 Å². The molecular weight excluding hydrogens is 226 g/mol. The number of nitrogens with two attached hydrogens (primary N) is 1. The average molecular weight is 238 g/mol. The number of methoxy groups -OCH3 is 1. The van der Waals surface area contributed by atoms with Crippen molar-refractivity contribution in [1.82, 2.24) is 9.78 Å². The van der Waals surface area contributed by atoms with Crippen molar-refractivity contribution in [3.63, 3.8) is 0 Å². The molecule has 2 aromatic rings. The molecule has 0 fully saturated rings. The minimum absolute atomic E-state index is 0.357. The Labute approximate surface area is 98.6 Å². The standard InChI is InChI=1S/C11H12ClN3O/c1-16-9-4-2-8(3-5-9)6-15-7-10(12)11(13)14-15/h2-5,7H,6H2,1H3,(H2,13,14). The van der Waals surface area contributed by atoms with E-state index in [1.807, 2.05) is 24.3 Å². The van der Waals surface area contributed by atoms with E-state index in [1.54, 1.807) is 18.0 Å². The smallest absolute Gasteiger partial charge is 0.164 e. The third kappa shape index (κ3) is 2.28. The summed E-state index contributed by atoms with van der Waals surface area (Å²) in [7, 11) is 1.64. The van der Waals surface area contributed by atoms with Gasteiger partial charge in [0, 0.05) is 6.20 Å². The number of benzene rings is 1. The third-order valence-corrected chi connectivity index (χ3v) is 2.54. The summed E-state index contributed by atoms with van der Waals surface area (Å²) in [6, 6.07) is 7.77. The summed E-state index contributed by atoms with van der Waals surface area (Å²) < 4.78 is 6.79.